The number of aromatic amines is 1. The highest BCUT2D eigenvalue weighted by Gasteiger charge is 2.26. The highest BCUT2D eigenvalue weighted by Crippen LogP contribution is 2.20. The second-order valence-electron chi connectivity index (χ2n) is 6.29. The minimum absolute atomic E-state index is 0.0959. The van der Waals surface area contributed by atoms with Crippen molar-refractivity contribution in [3.05, 3.63) is 52.3 Å². The molecular weight excluding hydrogens is 364 g/mol. The lowest BCUT2D eigenvalue weighted by molar-refractivity contribution is -0.114. The van der Waals surface area contributed by atoms with Crippen molar-refractivity contribution < 1.29 is 28.7 Å². The van der Waals surface area contributed by atoms with Gasteiger partial charge in [-0.05, 0) is 50.6 Å². The number of hydrogen-bond acceptors (Lipinski definition) is 6. The first-order valence-electron chi connectivity index (χ1n) is 8.56. The third-order valence-corrected chi connectivity index (χ3v) is 4.17. The van der Waals surface area contributed by atoms with Crippen LogP contribution in [0.1, 0.15) is 56.3 Å². The van der Waals surface area contributed by atoms with Gasteiger partial charge in [0.15, 0.2) is 6.10 Å². The normalized spacial score (nSPS) is 11.5. The summed E-state index contributed by atoms with van der Waals surface area (Å²) in [6.07, 6.45) is -1.04. The molecule has 1 heterocycles. The Morgan fingerprint density at radius 3 is 2.18 bits per heavy atom. The minimum Gasteiger partial charge on any atom is -0.465 e. The number of ketones is 1. The van der Waals surface area contributed by atoms with Gasteiger partial charge in [0.2, 0.25) is 11.7 Å². The van der Waals surface area contributed by atoms with E-state index in [2.05, 4.69) is 10.3 Å². The number of aryl methyl sites for hydroxylation is 1. The molecular formula is C20H22N2O6. The van der Waals surface area contributed by atoms with Crippen molar-refractivity contribution >= 4 is 29.3 Å². The van der Waals surface area contributed by atoms with Crippen LogP contribution in [-0.4, -0.2) is 41.8 Å². The van der Waals surface area contributed by atoms with Gasteiger partial charge in [0, 0.05) is 23.9 Å². The number of amides is 1. The van der Waals surface area contributed by atoms with Crippen LogP contribution in [0.3, 0.4) is 0 Å². The number of benzene rings is 1. The summed E-state index contributed by atoms with van der Waals surface area (Å²) in [5.41, 5.74) is 2.13. The van der Waals surface area contributed by atoms with E-state index < -0.39 is 23.8 Å². The van der Waals surface area contributed by atoms with E-state index in [1.165, 1.54) is 33.1 Å². The Kier molecular flexibility index (Phi) is 6.35. The molecule has 1 aromatic heterocycles. The van der Waals surface area contributed by atoms with Gasteiger partial charge in [-0.15, -0.1) is 0 Å². The zero-order chi connectivity index (χ0) is 21.0. The monoisotopic (exact) mass is 386 g/mol. The average Bonchev–Trinajstić information content (AvgIpc) is 2.95. The molecule has 0 radical (unpaired) electrons. The summed E-state index contributed by atoms with van der Waals surface area (Å²) in [6.45, 7) is 6.09. The van der Waals surface area contributed by atoms with Gasteiger partial charge < -0.3 is 19.8 Å². The van der Waals surface area contributed by atoms with Crippen LogP contribution in [-0.2, 0) is 14.3 Å². The number of aromatic nitrogens is 1. The van der Waals surface area contributed by atoms with Crippen LogP contribution in [0.5, 0.6) is 0 Å². The summed E-state index contributed by atoms with van der Waals surface area (Å²) in [7, 11) is 1.25. The van der Waals surface area contributed by atoms with Crippen molar-refractivity contribution in [3.8, 4) is 0 Å². The molecule has 0 aliphatic rings. The Labute approximate surface area is 162 Å². The molecule has 1 unspecified atom stereocenters. The molecule has 0 spiro atoms. The number of esters is 2. The Balaban J connectivity index is 2.13. The Morgan fingerprint density at radius 1 is 1.04 bits per heavy atom. The SMILES string of the molecule is COC(=O)c1c(C)[nH]c(C(=O)OC(C)C(=O)c2ccc(NC(C)=O)cc2)c1C. The Hall–Kier alpha value is -3.42. The van der Waals surface area contributed by atoms with Crippen molar-refractivity contribution in [2.24, 2.45) is 0 Å². The molecule has 0 fully saturated rings. The predicted octanol–water partition coefficient (Wildman–Crippen LogP) is 2.80. The van der Waals surface area contributed by atoms with Gasteiger partial charge in [0.1, 0.15) is 5.69 Å². The first-order chi connectivity index (χ1) is 13.1. The van der Waals surface area contributed by atoms with E-state index in [1.54, 1.807) is 26.0 Å². The van der Waals surface area contributed by atoms with Crippen LogP contribution >= 0.6 is 0 Å². The number of methoxy groups -OCH3 is 1. The maximum atomic E-state index is 12.5. The van der Waals surface area contributed by atoms with E-state index in [9.17, 15) is 19.2 Å². The van der Waals surface area contributed by atoms with Crippen molar-refractivity contribution in [1.29, 1.82) is 0 Å². The number of H-pyrrole nitrogens is 1. The van der Waals surface area contributed by atoms with Crippen molar-refractivity contribution in [3.63, 3.8) is 0 Å². The quantitative estimate of drug-likeness (QED) is 0.583. The van der Waals surface area contributed by atoms with Gasteiger partial charge in [0.25, 0.3) is 0 Å². The molecule has 2 N–H and O–H groups in total. The predicted molar refractivity (Wildman–Crippen MR) is 102 cm³/mol. The first kappa shape index (κ1) is 20.9. The van der Waals surface area contributed by atoms with Crippen LogP contribution in [0.2, 0.25) is 0 Å². The lowest BCUT2D eigenvalue weighted by Gasteiger charge is -2.12. The summed E-state index contributed by atoms with van der Waals surface area (Å²) >= 11 is 0. The number of anilines is 1. The van der Waals surface area contributed by atoms with E-state index >= 15 is 0 Å². The van der Waals surface area contributed by atoms with Crippen LogP contribution in [0, 0.1) is 13.8 Å². The lowest BCUT2D eigenvalue weighted by Crippen LogP contribution is -2.25. The van der Waals surface area contributed by atoms with Crippen molar-refractivity contribution in [2.45, 2.75) is 33.8 Å². The molecule has 0 bridgehead atoms. The average molecular weight is 386 g/mol. The maximum absolute atomic E-state index is 12.5. The molecule has 0 aliphatic heterocycles. The number of rotatable bonds is 6. The molecule has 28 heavy (non-hydrogen) atoms. The van der Waals surface area contributed by atoms with Crippen LogP contribution in [0.25, 0.3) is 0 Å². The maximum Gasteiger partial charge on any atom is 0.355 e. The number of nitrogens with one attached hydrogen (secondary N) is 2. The van der Waals surface area contributed by atoms with Gasteiger partial charge in [-0.3, -0.25) is 9.59 Å². The van der Waals surface area contributed by atoms with E-state index in [0.717, 1.165) is 0 Å². The number of carbonyl (C=O) groups excluding carboxylic acids is 4. The second-order valence-corrected chi connectivity index (χ2v) is 6.29. The standard InChI is InChI=1S/C20H22N2O6/c1-10-16(19(25)27-5)11(2)21-17(10)20(26)28-12(3)18(24)14-6-8-15(9-7-14)22-13(4)23/h6-9,12,21H,1-5H3,(H,22,23). The fraction of sp³-hybridized carbons (Fsp3) is 0.300. The summed E-state index contributed by atoms with van der Waals surface area (Å²) in [5, 5.41) is 2.60. The number of Topliss-reactive ketones (excluding diaryl/α,β-unsaturated/α-hetero) is 1. The third-order valence-electron chi connectivity index (χ3n) is 4.17. The largest absolute Gasteiger partial charge is 0.465 e. The molecule has 8 nitrogen and oxygen atoms in total. The highest BCUT2D eigenvalue weighted by atomic mass is 16.5. The summed E-state index contributed by atoms with van der Waals surface area (Å²) in [6, 6.07) is 6.25. The Bertz CT molecular complexity index is 927. The molecule has 1 aromatic carbocycles. The molecule has 0 saturated carbocycles. The molecule has 8 heteroatoms. The Morgan fingerprint density at radius 2 is 1.64 bits per heavy atom. The fourth-order valence-electron chi connectivity index (χ4n) is 2.79. The fourth-order valence-corrected chi connectivity index (χ4v) is 2.79. The molecule has 2 rings (SSSR count). The van der Waals surface area contributed by atoms with Gasteiger partial charge >= 0.3 is 11.9 Å². The molecule has 0 saturated heterocycles. The topological polar surface area (TPSA) is 115 Å². The van der Waals surface area contributed by atoms with Crippen molar-refractivity contribution in [1.82, 2.24) is 4.98 Å². The van der Waals surface area contributed by atoms with E-state index in [-0.39, 0.29) is 17.2 Å². The number of carbonyl (C=O) groups is 4. The van der Waals surface area contributed by atoms with Crippen LogP contribution in [0.15, 0.2) is 24.3 Å². The minimum atomic E-state index is -1.04. The number of ether oxygens (including phenoxy) is 2. The van der Waals surface area contributed by atoms with E-state index in [1.807, 2.05) is 0 Å². The zero-order valence-electron chi connectivity index (χ0n) is 16.3. The number of hydrogen-bond donors (Lipinski definition) is 2. The second kappa shape index (κ2) is 8.51. The van der Waals surface area contributed by atoms with E-state index in [0.29, 0.717) is 22.5 Å². The third kappa shape index (κ3) is 4.46. The van der Waals surface area contributed by atoms with Crippen LogP contribution in [0.4, 0.5) is 5.69 Å². The molecule has 148 valence electrons. The van der Waals surface area contributed by atoms with Gasteiger partial charge in [-0.2, -0.15) is 0 Å². The molecule has 1 atom stereocenters. The molecule has 1 amide bonds. The summed E-state index contributed by atoms with van der Waals surface area (Å²) in [5.74, 6) is -1.92. The van der Waals surface area contributed by atoms with Crippen molar-refractivity contribution in [2.75, 3.05) is 12.4 Å². The van der Waals surface area contributed by atoms with E-state index in [4.69, 9.17) is 9.47 Å². The molecule has 0 aliphatic carbocycles. The summed E-state index contributed by atoms with van der Waals surface area (Å²) < 4.78 is 9.98. The summed E-state index contributed by atoms with van der Waals surface area (Å²) in [4.78, 5) is 50.6. The van der Waals surface area contributed by atoms with Crippen LogP contribution < -0.4 is 5.32 Å². The van der Waals surface area contributed by atoms with Gasteiger partial charge in [-0.1, -0.05) is 0 Å². The zero-order valence-corrected chi connectivity index (χ0v) is 16.3. The van der Waals surface area contributed by atoms with Gasteiger partial charge in [-0.25, -0.2) is 9.59 Å². The first-order valence-corrected chi connectivity index (χ1v) is 8.56. The smallest absolute Gasteiger partial charge is 0.355 e. The highest BCUT2D eigenvalue weighted by molar-refractivity contribution is 6.03. The van der Waals surface area contributed by atoms with Gasteiger partial charge in [0.05, 0.1) is 12.7 Å². The lowest BCUT2D eigenvalue weighted by atomic mass is 10.1. The molecule has 2 aromatic rings.